The van der Waals surface area contributed by atoms with Crippen LogP contribution in [0.3, 0.4) is 0 Å². The Morgan fingerprint density at radius 1 is 1.33 bits per heavy atom. The molecule has 0 N–H and O–H groups in total. The number of hydrogen-bond donors (Lipinski definition) is 0. The molecule has 2 aromatic rings. The van der Waals surface area contributed by atoms with Crippen LogP contribution in [0, 0.1) is 13.8 Å². The predicted octanol–water partition coefficient (Wildman–Crippen LogP) is 2.91. The zero-order valence-corrected chi connectivity index (χ0v) is 14.7. The Morgan fingerprint density at radius 2 is 2.08 bits per heavy atom. The second kappa shape index (κ2) is 7.18. The predicted molar refractivity (Wildman–Crippen MR) is 92.3 cm³/mol. The Kier molecular flexibility index (Phi) is 5.00. The summed E-state index contributed by atoms with van der Waals surface area (Å²) in [4.78, 5) is 17.0. The Hall–Kier alpha value is -2.14. The molecule has 0 bridgehead atoms. The zero-order valence-electron chi connectivity index (χ0n) is 14.7. The van der Waals surface area contributed by atoms with E-state index in [9.17, 15) is 4.79 Å². The molecule has 1 amide bonds. The fraction of sp³-hybridized carbons (Fsp3) is 0.474. The van der Waals surface area contributed by atoms with E-state index >= 15 is 0 Å². The highest BCUT2D eigenvalue weighted by Gasteiger charge is 2.32. The van der Waals surface area contributed by atoms with Gasteiger partial charge in [-0.25, -0.2) is 0 Å². The van der Waals surface area contributed by atoms with E-state index in [0.717, 1.165) is 42.9 Å². The van der Waals surface area contributed by atoms with Crippen molar-refractivity contribution in [3.63, 3.8) is 0 Å². The lowest BCUT2D eigenvalue weighted by molar-refractivity contribution is -0.135. The van der Waals surface area contributed by atoms with Crippen molar-refractivity contribution < 1.29 is 9.32 Å². The number of rotatable bonds is 5. The van der Waals surface area contributed by atoms with Crippen LogP contribution < -0.4 is 0 Å². The maximum Gasteiger partial charge on any atom is 0.239 e. The van der Waals surface area contributed by atoms with Gasteiger partial charge in [0.15, 0.2) is 0 Å². The summed E-state index contributed by atoms with van der Waals surface area (Å²) in [5.41, 5.74) is 3.13. The molecular weight excluding hydrogens is 302 g/mol. The van der Waals surface area contributed by atoms with Crippen LogP contribution in [-0.4, -0.2) is 40.5 Å². The smallest absolute Gasteiger partial charge is 0.239 e. The van der Waals surface area contributed by atoms with Crippen LogP contribution >= 0.6 is 0 Å². The molecule has 0 unspecified atom stereocenters. The fourth-order valence-electron chi connectivity index (χ4n) is 3.41. The maximum absolute atomic E-state index is 12.9. The van der Waals surface area contributed by atoms with Gasteiger partial charge in [0.05, 0.1) is 18.3 Å². The van der Waals surface area contributed by atoms with Crippen molar-refractivity contribution in [2.75, 3.05) is 13.6 Å². The minimum absolute atomic E-state index is 0.0318. The Labute approximate surface area is 143 Å². The number of aryl methyl sites for hydroxylation is 2. The highest BCUT2D eigenvalue weighted by Crippen LogP contribution is 2.23. The van der Waals surface area contributed by atoms with Crippen LogP contribution in [0.15, 0.2) is 34.9 Å². The SMILES string of the molecule is Cc1noc(C)c1CN(C)C(=O)[C@@H]1CCCN1Cc1ccccc1. The molecule has 1 aliphatic rings. The first-order valence-electron chi connectivity index (χ1n) is 8.51. The van der Waals surface area contributed by atoms with Crippen molar-refractivity contribution in [2.24, 2.45) is 0 Å². The van der Waals surface area contributed by atoms with Gasteiger partial charge in [-0.05, 0) is 38.8 Å². The van der Waals surface area contributed by atoms with E-state index in [-0.39, 0.29) is 11.9 Å². The number of nitrogens with zero attached hydrogens (tertiary/aromatic N) is 3. The molecule has 128 valence electrons. The highest BCUT2D eigenvalue weighted by atomic mass is 16.5. The van der Waals surface area contributed by atoms with Gasteiger partial charge in [0.25, 0.3) is 0 Å². The number of carbonyl (C=O) groups excluding carboxylic acids is 1. The normalized spacial score (nSPS) is 18.0. The number of aromatic nitrogens is 1. The van der Waals surface area contributed by atoms with Crippen molar-refractivity contribution in [1.29, 1.82) is 0 Å². The summed E-state index contributed by atoms with van der Waals surface area (Å²) >= 11 is 0. The van der Waals surface area contributed by atoms with Crippen LogP contribution in [0.4, 0.5) is 0 Å². The number of likely N-dealkylation sites (N-methyl/N-ethyl adjacent to an activating group) is 1. The molecule has 1 saturated heterocycles. The minimum atomic E-state index is -0.0318. The van der Waals surface area contributed by atoms with E-state index in [4.69, 9.17) is 4.52 Å². The van der Waals surface area contributed by atoms with E-state index in [1.807, 2.05) is 39.1 Å². The molecule has 0 saturated carbocycles. The standard InChI is InChI=1S/C19H25N3O2/c1-14-17(15(2)24-20-14)13-21(3)19(23)18-10-7-11-22(18)12-16-8-5-4-6-9-16/h4-6,8-9,18H,7,10-13H2,1-3H3/t18-/m0/s1. The second-order valence-electron chi connectivity index (χ2n) is 6.61. The number of likely N-dealkylation sites (tertiary alicyclic amines) is 1. The quantitative estimate of drug-likeness (QED) is 0.847. The van der Waals surface area contributed by atoms with Crippen LogP contribution in [0.5, 0.6) is 0 Å². The van der Waals surface area contributed by atoms with Crippen molar-refractivity contribution in [3.8, 4) is 0 Å². The summed E-state index contributed by atoms with van der Waals surface area (Å²) in [6.07, 6.45) is 2.00. The first-order chi connectivity index (χ1) is 11.6. The van der Waals surface area contributed by atoms with Gasteiger partial charge in [-0.15, -0.1) is 0 Å². The minimum Gasteiger partial charge on any atom is -0.361 e. The van der Waals surface area contributed by atoms with Gasteiger partial charge in [-0.1, -0.05) is 35.5 Å². The average Bonchev–Trinajstić information content (AvgIpc) is 3.16. The van der Waals surface area contributed by atoms with Crippen LogP contribution in [0.25, 0.3) is 0 Å². The molecule has 1 fully saturated rings. The molecule has 0 aliphatic carbocycles. The topological polar surface area (TPSA) is 49.6 Å². The van der Waals surface area contributed by atoms with E-state index in [2.05, 4.69) is 22.2 Å². The summed E-state index contributed by atoms with van der Waals surface area (Å²) in [5, 5.41) is 3.97. The number of amides is 1. The summed E-state index contributed by atoms with van der Waals surface area (Å²) in [6, 6.07) is 10.3. The molecule has 5 heteroatoms. The third kappa shape index (κ3) is 3.51. The molecular formula is C19H25N3O2. The number of hydrogen-bond acceptors (Lipinski definition) is 4. The third-order valence-corrected chi connectivity index (χ3v) is 4.83. The molecule has 0 radical (unpaired) electrons. The van der Waals surface area contributed by atoms with Gasteiger partial charge < -0.3 is 9.42 Å². The monoisotopic (exact) mass is 327 g/mol. The van der Waals surface area contributed by atoms with E-state index < -0.39 is 0 Å². The van der Waals surface area contributed by atoms with Gasteiger partial charge in [0, 0.05) is 19.2 Å². The van der Waals surface area contributed by atoms with E-state index in [0.29, 0.717) is 6.54 Å². The Bertz CT molecular complexity index is 676. The van der Waals surface area contributed by atoms with Gasteiger partial charge in [0.2, 0.25) is 5.91 Å². The van der Waals surface area contributed by atoms with E-state index in [1.165, 1.54) is 5.56 Å². The Morgan fingerprint density at radius 3 is 2.75 bits per heavy atom. The average molecular weight is 327 g/mol. The second-order valence-corrected chi connectivity index (χ2v) is 6.61. The lowest BCUT2D eigenvalue weighted by atomic mass is 10.1. The first kappa shape index (κ1) is 16.7. The van der Waals surface area contributed by atoms with Crippen molar-refractivity contribution in [3.05, 3.63) is 52.9 Å². The fourth-order valence-corrected chi connectivity index (χ4v) is 3.41. The summed E-state index contributed by atoms with van der Waals surface area (Å²) in [7, 11) is 1.87. The maximum atomic E-state index is 12.9. The van der Waals surface area contributed by atoms with Crippen molar-refractivity contribution >= 4 is 5.91 Å². The summed E-state index contributed by atoms with van der Waals surface area (Å²) in [5.74, 6) is 0.975. The van der Waals surface area contributed by atoms with Crippen molar-refractivity contribution in [1.82, 2.24) is 15.0 Å². The largest absolute Gasteiger partial charge is 0.361 e. The molecule has 3 rings (SSSR count). The molecule has 1 atom stereocenters. The van der Waals surface area contributed by atoms with Crippen LogP contribution in [-0.2, 0) is 17.9 Å². The van der Waals surface area contributed by atoms with Gasteiger partial charge in [-0.3, -0.25) is 9.69 Å². The first-order valence-corrected chi connectivity index (χ1v) is 8.51. The molecule has 0 spiro atoms. The lowest BCUT2D eigenvalue weighted by Crippen LogP contribution is -2.43. The number of carbonyl (C=O) groups is 1. The zero-order chi connectivity index (χ0) is 17.1. The third-order valence-electron chi connectivity index (χ3n) is 4.83. The van der Waals surface area contributed by atoms with Gasteiger partial charge >= 0.3 is 0 Å². The summed E-state index contributed by atoms with van der Waals surface area (Å²) in [6.45, 7) is 6.17. The van der Waals surface area contributed by atoms with Crippen molar-refractivity contribution in [2.45, 2.75) is 45.8 Å². The molecule has 2 heterocycles. The van der Waals surface area contributed by atoms with Crippen LogP contribution in [0.2, 0.25) is 0 Å². The molecule has 24 heavy (non-hydrogen) atoms. The molecule has 1 aromatic carbocycles. The van der Waals surface area contributed by atoms with E-state index in [1.54, 1.807) is 4.90 Å². The van der Waals surface area contributed by atoms with Gasteiger partial charge in [-0.2, -0.15) is 0 Å². The highest BCUT2D eigenvalue weighted by molar-refractivity contribution is 5.82. The molecule has 1 aromatic heterocycles. The van der Waals surface area contributed by atoms with Crippen LogP contribution in [0.1, 0.15) is 35.4 Å². The lowest BCUT2D eigenvalue weighted by Gasteiger charge is -2.28. The summed E-state index contributed by atoms with van der Waals surface area (Å²) < 4.78 is 5.20. The molecule has 5 nitrogen and oxygen atoms in total. The Balaban J connectivity index is 1.66. The van der Waals surface area contributed by atoms with Gasteiger partial charge in [0.1, 0.15) is 5.76 Å². The number of benzene rings is 1. The molecule has 1 aliphatic heterocycles.